The fourth-order valence-electron chi connectivity index (χ4n) is 3.97. The molecule has 1 aliphatic heterocycles. The maximum absolute atomic E-state index is 12.9. The summed E-state index contributed by atoms with van der Waals surface area (Å²) in [6.07, 6.45) is 3.54. The minimum Gasteiger partial charge on any atom is -0.324 e. The molecule has 3 rings (SSSR count). The molecule has 1 spiro atoms. The van der Waals surface area contributed by atoms with Gasteiger partial charge in [0.15, 0.2) is 0 Å². The van der Waals surface area contributed by atoms with Gasteiger partial charge >= 0.3 is 6.03 Å². The Hall–Kier alpha value is -2.37. The van der Waals surface area contributed by atoms with Crippen molar-refractivity contribution < 1.29 is 14.4 Å². The molecule has 134 valence electrons. The van der Waals surface area contributed by atoms with Crippen molar-refractivity contribution in [1.82, 2.24) is 10.2 Å². The minimum absolute atomic E-state index is 0.0874. The normalized spacial score (nSPS) is 26.0. The van der Waals surface area contributed by atoms with E-state index in [4.69, 9.17) is 0 Å². The summed E-state index contributed by atoms with van der Waals surface area (Å²) in [6, 6.07) is 5.28. The summed E-state index contributed by atoms with van der Waals surface area (Å²) in [5.74, 6) is -0.535. The van der Waals surface area contributed by atoms with E-state index in [0.717, 1.165) is 41.0 Å². The number of para-hydroxylation sites is 1. The highest BCUT2D eigenvalue weighted by atomic mass is 16.2. The summed E-state index contributed by atoms with van der Waals surface area (Å²) in [5, 5.41) is 5.70. The van der Waals surface area contributed by atoms with Crippen LogP contribution in [0.2, 0.25) is 0 Å². The number of rotatable bonds is 3. The Labute approximate surface area is 148 Å². The first kappa shape index (κ1) is 17.5. The second-order valence-corrected chi connectivity index (χ2v) is 7.25. The SMILES string of the molecule is Cc1cccc(C)c1NC(=O)CN1C(=O)N[C@]2(CCCC[C@@H]2C)C1=O. The number of benzene rings is 1. The van der Waals surface area contributed by atoms with Crippen molar-refractivity contribution in [2.75, 3.05) is 11.9 Å². The van der Waals surface area contributed by atoms with Crippen LogP contribution in [0.25, 0.3) is 0 Å². The lowest BCUT2D eigenvalue weighted by Crippen LogP contribution is -2.54. The monoisotopic (exact) mass is 343 g/mol. The molecule has 1 saturated heterocycles. The number of amides is 4. The molecule has 4 amide bonds. The average Bonchev–Trinajstić information content (AvgIpc) is 2.79. The van der Waals surface area contributed by atoms with Crippen molar-refractivity contribution >= 4 is 23.5 Å². The number of hydrogen-bond donors (Lipinski definition) is 2. The van der Waals surface area contributed by atoms with E-state index in [1.165, 1.54) is 0 Å². The molecule has 6 nitrogen and oxygen atoms in total. The zero-order valence-electron chi connectivity index (χ0n) is 15.0. The van der Waals surface area contributed by atoms with Crippen molar-refractivity contribution in [3.05, 3.63) is 29.3 Å². The number of carbonyl (C=O) groups excluding carboxylic acids is 3. The number of nitrogens with one attached hydrogen (secondary N) is 2. The van der Waals surface area contributed by atoms with E-state index in [2.05, 4.69) is 10.6 Å². The first-order valence-corrected chi connectivity index (χ1v) is 8.85. The first-order chi connectivity index (χ1) is 11.8. The summed E-state index contributed by atoms with van der Waals surface area (Å²) in [5.41, 5.74) is 1.81. The van der Waals surface area contributed by atoms with Gasteiger partial charge in [-0.05, 0) is 43.7 Å². The number of urea groups is 1. The third-order valence-corrected chi connectivity index (χ3v) is 5.55. The van der Waals surface area contributed by atoms with Gasteiger partial charge in [-0.3, -0.25) is 14.5 Å². The summed E-state index contributed by atoms with van der Waals surface area (Å²) < 4.78 is 0. The van der Waals surface area contributed by atoms with E-state index in [0.29, 0.717) is 6.42 Å². The molecule has 25 heavy (non-hydrogen) atoms. The maximum atomic E-state index is 12.9. The van der Waals surface area contributed by atoms with Crippen LogP contribution in [0.3, 0.4) is 0 Å². The number of hydrogen-bond acceptors (Lipinski definition) is 3. The molecule has 0 radical (unpaired) electrons. The molecule has 1 aromatic rings. The zero-order chi connectivity index (χ0) is 18.2. The van der Waals surface area contributed by atoms with E-state index >= 15 is 0 Å². The molecule has 0 aromatic heterocycles. The largest absolute Gasteiger partial charge is 0.325 e. The smallest absolute Gasteiger partial charge is 0.324 e. The van der Waals surface area contributed by atoms with Crippen LogP contribution in [0.5, 0.6) is 0 Å². The molecule has 0 bridgehead atoms. The van der Waals surface area contributed by atoms with Crippen molar-refractivity contribution in [1.29, 1.82) is 0 Å². The van der Waals surface area contributed by atoms with Gasteiger partial charge in [-0.25, -0.2) is 4.79 Å². The highest BCUT2D eigenvalue weighted by Gasteiger charge is 2.55. The molecule has 2 aliphatic rings. The third-order valence-electron chi connectivity index (χ3n) is 5.55. The number of anilines is 1. The number of carbonyl (C=O) groups is 3. The van der Waals surface area contributed by atoms with E-state index < -0.39 is 11.6 Å². The van der Waals surface area contributed by atoms with Gasteiger partial charge < -0.3 is 10.6 Å². The van der Waals surface area contributed by atoms with Gasteiger partial charge in [0, 0.05) is 5.69 Å². The Morgan fingerprint density at radius 2 is 1.96 bits per heavy atom. The lowest BCUT2D eigenvalue weighted by atomic mass is 9.73. The lowest BCUT2D eigenvalue weighted by Gasteiger charge is -2.36. The highest BCUT2D eigenvalue weighted by Crippen LogP contribution is 2.38. The second kappa shape index (κ2) is 6.50. The predicted octanol–water partition coefficient (Wildman–Crippen LogP) is 2.74. The minimum atomic E-state index is -0.825. The molecule has 1 aromatic carbocycles. The quantitative estimate of drug-likeness (QED) is 0.828. The fraction of sp³-hybridized carbons (Fsp3) is 0.526. The standard InChI is InChI=1S/C19H25N3O3/c1-12-7-6-8-13(2)16(12)20-15(23)11-22-17(24)19(21-18(22)25)10-5-4-9-14(19)3/h6-8,14H,4-5,9-11H2,1-3H3,(H,20,23)(H,21,25)/t14-,19-/m0/s1. The number of imide groups is 1. The Kier molecular flexibility index (Phi) is 4.54. The second-order valence-electron chi connectivity index (χ2n) is 7.25. The summed E-state index contributed by atoms with van der Waals surface area (Å²) in [6.45, 7) is 5.56. The van der Waals surface area contributed by atoms with E-state index in [9.17, 15) is 14.4 Å². The van der Waals surface area contributed by atoms with Gasteiger partial charge in [-0.15, -0.1) is 0 Å². The van der Waals surface area contributed by atoms with Gasteiger partial charge in [0.25, 0.3) is 5.91 Å². The average molecular weight is 343 g/mol. The summed E-state index contributed by atoms with van der Waals surface area (Å²) in [7, 11) is 0. The third kappa shape index (κ3) is 3.01. The van der Waals surface area contributed by atoms with Crippen LogP contribution in [0.1, 0.15) is 43.7 Å². The fourth-order valence-corrected chi connectivity index (χ4v) is 3.97. The van der Waals surface area contributed by atoms with Crippen LogP contribution in [-0.4, -0.2) is 34.8 Å². The van der Waals surface area contributed by atoms with Gasteiger partial charge in [-0.1, -0.05) is 38.0 Å². The van der Waals surface area contributed by atoms with Gasteiger partial charge in [0.05, 0.1) is 0 Å². The van der Waals surface area contributed by atoms with E-state index in [1.54, 1.807) is 0 Å². The molecule has 0 unspecified atom stereocenters. The van der Waals surface area contributed by atoms with Crippen LogP contribution in [0, 0.1) is 19.8 Å². The molecular formula is C19H25N3O3. The molecule has 1 saturated carbocycles. The topological polar surface area (TPSA) is 78.5 Å². The van der Waals surface area contributed by atoms with Crippen LogP contribution in [0.4, 0.5) is 10.5 Å². The van der Waals surface area contributed by atoms with Crippen LogP contribution in [0.15, 0.2) is 18.2 Å². The van der Waals surface area contributed by atoms with Crippen molar-refractivity contribution in [2.24, 2.45) is 5.92 Å². The lowest BCUT2D eigenvalue weighted by molar-refractivity contribution is -0.136. The Morgan fingerprint density at radius 3 is 2.60 bits per heavy atom. The molecule has 6 heteroatoms. The number of aryl methyl sites for hydroxylation is 2. The van der Waals surface area contributed by atoms with Crippen LogP contribution in [-0.2, 0) is 9.59 Å². The Morgan fingerprint density at radius 1 is 1.28 bits per heavy atom. The van der Waals surface area contributed by atoms with Gasteiger partial charge in [-0.2, -0.15) is 0 Å². The van der Waals surface area contributed by atoms with Crippen molar-refractivity contribution in [3.63, 3.8) is 0 Å². The molecule has 1 heterocycles. The summed E-state index contributed by atoms with van der Waals surface area (Å²) in [4.78, 5) is 38.7. The van der Waals surface area contributed by atoms with Crippen LogP contribution >= 0.6 is 0 Å². The predicted molar refractivity (Wildman–Crippen MR) is 95.2 cm³/mol. The molecular weight excluding hydrogens is 318 g/mol. The van der Waals surface area contributed by atoms with Gasteiger partial charge in [0.1, 0.15) is 12.1 Å². The van der Waals surface area contributed by atoms with E-state index in [1.807, 2.05) is 39.0 Å². The molecule has 2 atom stereocenters. The Bertz CT molecular complexity index is 710. The van der Waals surface area contributed by atoms with Gasteiger partial charge in [0.2, 0.25) is 5.91 Å². The van der Waals surface area contributed by atoms with Crippen molar-refractivity contribution in [2.45, 2.75) is 52.0 Å². The molecule has 2 fully saturated rings. The zero-order valence-corrected chi connectivity index (χ0v) is 15.0. The summed E-state index contributed by atoms with van der Waals surface area (Å²) >= 11 is 0. The molecule has 2 N–H and O–H groups in total. The van der Waals surface area contributed by atoms with Crippen molar-refractivity contribution in [3.8, 4) is 0 Å². The van der Waals surface area contributed by atoms with E-state index in [-0.39, 0.29) is 24.3 Å². The number of nitrogens with zero attached hydrogens (tertiary/aromatic N) is 1. The Balaban J connectivity index is 1.73. The highest BCUT2D eigenvalue weighted by molar-refractivity contribution is 6.10. The maximum Gasteiger partial charge on any atom is 0.325 e. The molecule has 1 aliphatic carbocycles. The van der Waals surface area contributed by atoms with Crippen LogP contribution < -0.4 is 10.6 Å². The first-order valence-electron chi connectivity index (χ1n) is 8.85.